The number of ether oxygens (including phenoxy) is 1. The fraction of sp³-hybridized carbons (Fsp3) is 0.294. The molecule has 1 N–H and O–H groups in total. The molecule has 0 saturated heterocycles. The van der Waals surface area contributed by atoms with Gasteiger partial charge in [-0.1, -0.05) is 0 Å². The van der Waals surface area contributed by atoms with Crippen molar-refractivity contribution in [2.24, 2.45) is 0 Å². The Bertz CT molecular complexity index is 867. The van der Waals surface area contributed by atoms with Crippen LogP contribution in [0.15, 0.2) is 34.7 Å². The SMILES string of the molecule is CCn1nc(C)cc1C(=O)Nc1ccc(OCc2nnc(C)o2)cc1. The quantitative estimate of drug-likeness (QED) is 0.741. The number of anilines is 1. The largest absolute Gasteiger partial charge is 0.484 e. The molecule has 1 aromatic carbocycles. The lowest BCUT2D eigenvalue weighted by Crippen LogP contribution is -2.17. The van der Waals surface area contributed by atoms with Gasteiger partial charge in [-0.05, 0) is 44.2 Å². The summed E-state index contributed by atoms with van der Waals surface area (Å²) in [6.45, 7) is 6.36. The van der Waals surface area contributed by atoms with E-state index in [1.807, 2.05) is 13.8 Å². The van der Waals surface area contributed by atoms with Crippen molar-refractivity contribution in [2.75, 3.05) is 5.32 Å². The van der Waals surface area contributed by atoms with Crippen LogP contribution in [0.25, 0.3) is 0 Å². The van der Waals surface area contributed by atoms with E-state index >= 15 is 0 Å². The molecule has 0 aliphatic rings. The van der Waals surface area contributed by atoms with Crippen molar-refractivity contribution in [2.45, 2.75) is 33.9 Å². The predicted octanol–water partition coefficient (Wildman–Crippen LogP) is 2.73. The lowest BCUT2D eigenvalue weighted by Gasteiger charge is -2.08. The van der Waals surface area contributed by atoms with Gasteiger partial charge in [0.15, 0.2) is 6.61 Å². The number of rotatable bonds is 6. The molecule has 0 aliphatic carbocycles. The summed E-state index contributed by atoms with van der Waals surface area (Å²) in [6.07, 6.45) is 0. The first-order valence-electron chi connectivity index (χ1n) is 7.93. The molecule has 0 bridgehead atoms. The van der Waals surface area contributed by atoms with E-state index in [1.165, 1.54) is 0 Å². The van der Waals surface area contributed by atoms with Crippen LogP contribution in [0.4, 0.5) is 5.69 Å². The number of carbonyl (C=O) groups excluding carboxylic acids is 1. The molecule has 1 amide bonds. The van der Waals surface area contributed by atoms with Gasteiger partial charge in [-0.15, -0.1) is 10.2 Å². The van der Waals surface area contributed by atoms with E-state index in [9.17, 15) is 4.79 Å². The van der Waals surface area contributed by atoms with Crippen molar-refractivity contribution in [1.29, 1.82) is 0 Å². The van der Waals surface area contributed by atoms with E-state index in [2.05, 4.69) is 20.6 Å². The van der Waals surface area contributed by atoms with E-state index in [1.54, 1.807) is 41.9 Å². The van der Waals surface area contributed by atoms with Gasteiger partial charge in [0.2, 0.25) is 5.89 Å². The first kappa shape index (κ1) is 16.7. The number of aromatic nitrogens is 4. The van der Waals surface area contributed by atoms with Crippen LogP contribution in [-0.2, 0) is 13.2 Å². The summed E-state index contributed by atoms with van der Waals surface area (Å²) in [5, 5.41) is 14.7. The molecule has 0 atom stereocenters. The Morgan fingerprint density at radius 2 is 2.00 bits per heavy atom. The molecule has 130 valence electrons. The first-order chi connectivity index (χ1) is 12.0. The highest BCUT2D eigenvalue weighted by Gasteiger charge is 2.13. The van der Waals surface area contributed by atoms with Gasteiger partial charge in [0.05, 0.1) is 5.69 Å². The fourth-order valence-electron chi connectivity index (χ4n) is 2.34. The van der Waals surface area contributed by atoms with Gasteiger partial charge in [-0.2, -0.15) is 5.10 Å². The Hall–Kier alpha value is -3.16. The number of benzene rings is 1. The van der Waals surface area contributed by atoms with Crippen molar-refractivity contribution in [3.63, 3.8) is 0 Å². The smallest absolute Gasteiger partial charge is 0.273 e. The molecule has 0 fully saturated rings. The third-order valence-corrected chi connectivity index (χ3v) is 3.48. The highest BCUT2D eigenvalue weighted by atomic mass is 16.5. The summed E-state index contributed by atoms with van der Waals surface area (Å²) in [4.78, 5) is 12.4. The van der Waals surface area contributed by atoms with E-state index in [4.69, 9.17) is 9.15 Å². The van der Waals surface area contributed by atoms with Crippen molar-refractivity contribution in [3.05, 3.63) is 53.5 Å². The Morgan fingerprint density at radius 3 is 2.64 bits per heavy atom. The van der Waals surface area contributed by atoms with Crippen LogP contribution in [-0.4, -0.2) is 25.9 Å². The number of carbonyl (C=O) groups is 1. The van der Waals surface area contributed by atoms with Crippen molar-refractivity contribution in [1.82, 2.24) is 20.0 Å². The molecule has 25 heavy (non-hydrogen) atoms. The van der Waals surface area contributed by atoms with E-state index < -0.39 is 0 Å². The second-order valence-corrected chi connectivity index (χ2v) is 5.47. The minimum Gasteiger partial charge on any atom is -0.484 e. The topological polar surface area (TPSA) is 95.1 Å². The highest BCUT2D eigenvalue weighted by molar-refractivity contribution is 6.03. The van der Waals surface area contributed by atoms with Crippen molar-refractivity contribution < 1.29 is 13.9 Å². The average Bonchev–Trinajstić information content (AvgIpc) is 3.19. The number of hydrogen-bond acceptors (Lipinski definition) is 6. The van der Waals surface area contributed by atoms with E-state index in [-0.39, 0.29) is 12.5 Å². The number of aryl methyl sites for hydroxylation is 3. The van der Waals surface area contributed by atoms with Crippen LogP contribution in [0.5, 0.6) is 5.75 Å². The van der Waals surface area contributed by atoms with Crippen molar-refractivity contribution in [3.8, 4) is 5.75 Å². The molecule has 8 nitrogen and oxygen atoms in total. The summed E-state index contributed by atoms with van der Waals surface area (Å²) in [5.41, 5.74) is 2.02. The van der Waals surface area contributed by atoms with Gasteiger partial charge in [0.1, 0.15) is 11.4 Å². The minimum absolute atomic E-state index is 0.196. The highest BCUT2D eigenvalue weighted by Crippen LogP contribution is 2.18. The van der Waals surface area contributed by atoms with Crippen LogP contribution in [0.3, 0.4) is 0 Å². The van der Waals surface area contributed by atoms with Crippen LogP contribution in [0.2, 0.25) is 0 Å². The number of nitrogens with zero attached hydrogens (tertiary/aromatic N) is 4. The van der Waals surface area contributed by atoms with Crippen LogP contribution < -0.4 is 10.1 Å². The third kappa shape index (κ3) is 4.03. The monoisotopic (exact) mass is 341 g/mol. The molecule has 0 saturated carbocycles. The first-order valence-corrected chi connectivity index (χ1v) is 7.93. The van der Waals surface area contributed by atoms with Gasteiger partial charge < -0.3 is 14.5 Å². The zero-order valence-corrected chi connectivity index (χ0v) is 14.3. The Labute approximate surface area is 144 Å². The number of amides is 1. The zero-order chi connectivity index (χ0) is 17.8. The normalized spacial score (nSPS) is 10.7. The summed E-state index contributed by atoms with van der Waals surface area (Å²) < 4.78 is 12.5. The molecular formula is C17H19N5O3. The summed E-state index contributed by atoms with van der Waals surface area (Å²) >= 11 is 0. The fourth-order valence-corrected chi connectivity index (χ4v) is 2.34. The molecule has 0 radical (unpaired) electrons. The van der Waals surface area contributed by atoms with E-state index in [0.29, 0.717) is 35.5 Å². The second kappa shape index (κ2) is 7.16. The summed E-state index contributed by atoms with van der Waals surface area (Å²) in [6, 6.07) is 8.84. The van der Waals surface area contributed by atoms with Crippen LogP contribution in [0, 0.1) is 13.8 Å². The lowest BCUT2D eigenvalue weighted by atomic mass is 10.3. The molecule has 2 aromatic heterocycles. The maximum Gasteiger partial charge on any atom is 0.273 e. The molecule has 0 unspecified atom stereocenters. The lowest BCUT2D eigenvalue weighted by molar-refractivity contribution is 0.101. The molecular weight excluding hydrogens is 322 g/mol. The predicted molar refractivity (Wildman–Crippen MR) is 90.4 cm³/mol. The van der Waals surface area contributed by atoms with Crippen LogP contribution in [0.1, 0.15) is 34.9 Å². The standard InChI is InChI=1S/C17H19N5O3/c1-4-22-15(9-11(2)21-22)17(23)18-13-5-7-14(8-6-13)24-10-16-20-19-12(3)25-16/h5-9H,4,10H2,1-3H3,(H,18,23). The molecule has 0 spiro atoms. The minimum atomic E-state index is -0.197. The van der Waals surface area contributed by atoms with Gasteiger partial charge in [-0.3, -0.25) is 9.48 Å². The number of hydrogen-bond donors (Lipinski definition) is 1. The maximum absolute atomic E-state index is 12.4. The Morgan fingerprint density at radius 1 is 1.24 bits per heavy atom. The van der Waals surface area contributed by atoms with Gasteiger partial charge >= 0.3 is 0 Å². The maximum atomic E-state index is 12.4. The molecule has 3 aromatic rings. The third-order valence-electron chi connectivity index (χ3n) is 3.48. The summed E-state index contributed by atoms with van der Waals surface area (Å²) in [7, 11) is 0. The molecule has 3 rings (SSSR count). The van der Waals surface area contributed by atoms with Crippen molar-refractivity contribution >= 4 is 11.6 Å². The molecule has 2 heterocycles. The van der Waals surface area contributed by atoms with E-state index in [0.717, 1.165) is 5.69 Å². The zero-order valence-electron chi connectivity index (χ0n) is 14.3. The van der Waals surface area contributed by atoms with Crippen LogP contribution >= 0.6 is 0 Å². The molecule has 0 aliphatic heterocycles. The van der Waals surface area contributed by atoms with Gasteiger partial charge in [-0.25, -0.2) is 0 Å². The van der Waals surface area contributed by atoms with Gasteiger partial charge in [0, 0.05) is 19.2 Å². The average molecular weight is 341 g/mol. The number of nitrogens with one attached hydrogen (secondary N) is 1. The summed E-state index contributed by atoms with van der Waals surface area (Å²) in [5.74, 6) is 1.36. The molecule has 8 heteroatoms. The Balaban J connectivity index is 1.61. The van der Waals surface area contributed by atoms with Gasteiger partial charge in [0.25, 0.3) is 11.8 Å². The second-order valence-electron chi connectivity index (χ2n) is 5.47. The Kier molecular flexibility index (Phi) is 4.78.